The second kappa shape index (κ2) is 6.19. The van der Waals surface area contributed by atoms with Gasteiger partial charge in [-0.05, 0) is 31.4 Å². The van der Waals surface area contributed by atoms with Crippen LogP contribution in [-0.4, -0.2) is 30.6 Å². The Bertz CT molecular complexity index is 553. The Kier molecular flexibility index (Phi) is 4.54. The van der Waals surface area contributed by atoms with Crippen molar-refractivity contribution in [1.29, 1.82) is 0 Å². The molecule has 1 heterocycles. The summed E-state index contributed by atoms with van der Waals surface area (Å²) in [6, 6.07) is 4.63. The molecule has 1 aliphatic heterocycles. The maximum absolute atomic E-state index is 12.5. The number of benzene rings is 1. The summed E-state index contributed by atoms with van der Waals surface area (Å²) in [7, 11) is 0. The maximum Gasteiger partial charge on any atom is 0.292 e. The van der Waals surface area contributed by atoms with Gasteiger partial charge in [-0.15, -0.1) is 0 Å². The van der Waals surface area contributed by atoms with Gasteiger partial charge < -0.3 is 15.8 Å². The third-order valence-electron chi connectivity index (χ3n) is 3.92. The van der Waals surface area contributed by atoms with Gasteiger partial charge in [0, 0.05) is 25.8 Å². The van der Waals surface area contributed by atoms with E-state index in [-0.39, 0.29) is 23.8 Å². The number of rotatable bonds is 4. The van der Waals surface area contributed by atoms with Crippen LogP contribution in [-0.2, 0) is 9.53 Å². The molecule has 1 saturated heterocycles. The molecule has 3 N–H and O–H groups in total. The minimum absolute atomic E-state index is 0.117. The normalized spacial score (nSPS) is 17.2. The zero-order valence-corrected chi connectivity index (χ0v) is 11.9. The first-order valence-electron chi connectivity index (χ1n) is 6.83. The molecule has 7 nitrogen and oxygen atoms in total. The monoisotopic (exact) mass is 293 g/mol. The van der Waals surface area contributed by atoms with E-state index in [0.717, 1.165) is 5.56 Å². The van der Waals surface area contributed by atoms with Crippen LogP contribution in [0.4, 0.5) is 11.4 Å². The van der Waals surface area contributed by atoms with Gasteiger partial charge >= 0.3 is 0 Å². The van der Waals surface area contributed by atoms with Crippen molar-refractivity contribution in [2.45, 2.75) is 19.8 Å². The number of hydrogen-bond donors (Lipinski definition) is 2. The number of carbonyl (C=O) groups is 1. The van der Waals surface area contributed by atoms with Crippen molar-refractivity contribution in [2.24, 2.45) is 11.1 Å². The SMILES string of the molecule is Cc1ccc([N+](=O)[O-])c(NC(=O)C2(CN)CCOCC2)c1. The average Bonchev–Trinajstić information content (AvgIpc) is 2.47. The van der Waals surface area contributed by atoms with Crippen molar-refractivity contribution in [1.82, 2.24) is 0 Å². The summed E-state index contributed by atoms with van der Waals surface area (Å²) in [5, 5.41) is 13.7. The van der Waals surface area contributed by atoms with Gasteiger partial charge in [0.25, 0.3) is 5.69 Å². The lowest BCUT2D eigenvalue weighted by Gasteiger charge is -2.34. The standard InChI is InChI=1S/C14H19N3O4/c1-10-2-3-12(17(19)20)11(8-10)16-13(18)14(9-15)4-6-21-7-5-14/h2-3,8H,4-7,9,15H2,1H3,(H,16,18). The van der Waals surface area contributed by atoms with Crippen LogP contribution >= 0.6 is 0 Å². The number of hydrogen-bond acceptors (Lipinski definition) is 5. The van der Waals surface area contributed by atoms with Crippen molar-refractivity contribution in [3.63, 3.8) is 0 Å². The first-order valence-corrected chi connectivity index (χ1v) is 6.83. The van der Waals surface area contributed by atoms with Gasteiger partial charge in [0.15, 0.2) is 0 Å². The second-order valence-corrected chi connectivity index (χ2v) is 5.33. The molecule has 1 aromatic carbocycles. The summed E-state index contributed by atoms with van der Waals surface area (Å²) in [6.45, 7) is 2.95. The van der Waals surface area contributed by atoms with E-state index < -0.39 is 10.3 Å². The molecule has 0 saturated carbocycles. The highest BCUT2D eigenvalue weighted by atomic mass is 16.6. The highest BCUT2D eigenvalue weighted by Gasteiger charge is 2.39. The fraction of sp³-hybridized carbons (Fsp3) is 0.500. The Morgan fingerprint density at radius 1 is 1.48 bits per heavy atom. The minimum Gasteiger partial charge on any atom is -0.381 e. The van der Waals surface area contributed by atoms with Gasteiger partial charge in [-0.2, -0.15) is 0 Å². The molecule has 0 spiro atoms. The average molecular weight is 293 g/mol. The predicted molar refractivity (Wildman–Crippen MR) is 78.0 cm³/mol. The summed E-state index contributed by atoms with van der Waals surface area (Å²) in [5.41, 5.74) is 5.99. The fourth-order valence-corrected chi connectivity index (χ4v) is 2.45. The van der Waals surface area contributed by atoms with Crippen LogP contribution in [0.5, 0.6) is 0 Å². The third kappa shape index (κ3) is 3.20. The van der Waals surface area contributed by atoms with Gasteiger partial charge in [-0.25, -0.2) is 0 Å². The molecule has 0 aromatic heterocycles. The number of nitrogens with one attached hydrogen (secondary N) is 1. The van der Waals surface area contributed by atoms with Gasteiger partial charge in [0.2, 0.25) is 5.91 Å². The number of anilines is 1. The van der Waals surface area contributed by atoms with Crippen LogP contribution in [0.3, 0.4) is 0 Å². The van der Waals surface area contributed by atoms with Gasteiger partial charge in [0.1, 0.15) is 5.69 Å². The molecule has 0 unspecified atom stereocenters. The zero-order valence-electron chi connectivity index (χ0n) is 11.9. The third-order valence-corrected chi connectivity index (χ3v) is 3.92. The number of aryl methyl sites for hydroxylation is 1. The second-order valence-electron chi connectivity index (χ2n) is 5.33. The largest absolute Gasteiger partial charge is 0.381 e. The Morgan fingerprint density at radius 2 is 2.14 bits per heavy atom. The Hall–Kier alpha value is -1.99. The van der Waals surface area contributed by atoms with E-state index in [2.05, 4.69) is 5.32 Å². The van der Waals surface area contributed by atoms with Gasteiger partial charge in [-0.1, -0.05) is 6.07 Å². The number of nitro groups is 1. The quantitative estimate of drug-likeness (QED) is 0.647. The lowest BCUT2D eigenvalue weighted by atomic mass is 9.79. The van der Waals surface area contributed by atoms with E-state index in [9.17, 15) is 14.9 Å². The van der Waals surface area contributed by atoms with Crippen LogP contribution in [0, 0.1) is 22.5 Å². The van der Waals surface area contributed by atoms with Crippen LogP contribution in [0.1, 0.15) is 18.4 Å². The molecule has 0 atom stereocenters. The highest BCUT2D eigenvalue weighted by molar-refractivity contribution is 5.97. The van der Waals surface area contributed by atoms with Gasteiger partial charge in [0.05, 0.1) is 10.3 Å². The highest BCUT2D eigenvalue weighted by Crippen LogP contribution is 2.33. The lowest BCUT2D eigenvalue weighted by Crippen LogP contribution is -2.46. The van der Waals surface area contributed by atoms with E-state index in [0.29, 0.717) is 26.1 Å². The predicted octanol–water partition coefficient (Wildman–Crippen LogP) is 1.60. The summed E-state index contributed by atoms with van der Waals surface area (Å²) in [4.78, 5) is 23.1. The van der Waals surface area contributed by atoms with Crippen molar-refractivity contribution < 1.29 is 14.5 Å². The molecule has 1 amide bonds. The van der Waals surface area contributed by atoms with E-state index in [4.69, 9.17) is 10.5 Å². The van der Waals surface area contributed by atoms with Crippen molar-refractivity contribution in [3.8, 4) is 0 Å². The summed E-state index contributed by atoms with van der Waals surface area (Å²) in [5.74, 6) is -0.276. The molecule has 0 aliphatic carbocycles. The van der Waals surface area contributed by atoms with Crippen LogP contribution < -0.4 is 11.1 Å². The topological polar surface area (TPSA) is 107 Å². The van der Waals surface area contributed by atoms with Crippen LogP contribution in [0.15, 0.2) is 18.2 Å². The zero-order chi connectivity index (χ0) is 15.5. The number of nitrogens with two attached hydrogens (primary N) is 1. The molecular weight excluding hydrogens is 274 g/mol. The number of nitrogens with zero attached hydrogens (tertiary/aromatic N) is 1. The summed E-state index contributed by atoms with van der Waals surface area (Å²) < 4.78 is 5.26. The van der Waals surface area contributed by atoms with Crippen molar-refractivity contribution in [3.05, 3.63) is 33.9 Å². The van der Waals surface area contributed by atoms with E-state index in [1.54, 1.807) is 12.1 Å². The number of amides is 1. The number of carbonyl (C=O) groups excluding carboxylic acids is 1. The molecule has 0 radical (unpaired) electrons. The molecule has 1 aromatic rings. The van der Waals surface area contributed by atoms with E-state index in [1.807, 2.05) is 6.92 Å². The Labute approximate surface area is 122 Å². The smallest absolute Gasteiger partial charge is 0.292 e. The Balaban J connectivity index is 2.26. The molecular formula is C14H19N3O4. The van der Waals surface area contributed by atoms with Crippen molar-refractivity contribution >= 4 is 17.3 Å². The van der Waals surface area contributed by atoms with Crippen molar-refractivity contribution in [2.75, 3.05) is 25.1 Å². The Morgan fingerprint density at radius 3 is 2.71 bits per heavy atom. The van der Waals surface area contributed by atoms with E-state index in [1.165, 1.54) is 6.07 Å². The summed E-state index contributed by atoms with van der Waals surface area (Å²) >= 11 is 0. The summed E-state index contributed by atoms with van der Waals surface area (Å²) in [6.07, 6.45) is 1.05. The molecule has 114 valence electrons. The van der Waals surface area contributed by atoms with Crippen LogP contribution in [0.2, 0.25) is 0 Å². The molecule has 1 fully saturated rings. The fourth-order valence-electron chi connectivity index (χ4n) is 2.45. The molecule has 0 bridgehead atoms. The van der Waals surface area contributed by atoms with E-state index >= 15 is 0 Å². The molecule has 7 heteroatoms. The molecule has 1 aliphatic rings. The van der Waals surface area contributed by atoms with Crippen LogP contribution in [0.25, 0.3) is 0 Å². The number of nitro benzene ring substituents is 1. The number of ether oxygens (including phenoxy) is 1. The first-order chi connectivity index (χ1) is 9.98. The maximum atomic E-state index is 12.5. The molecule has 21 heavy (non-hydrogen) atoms. The molecule has 2 rings (SSSR count). The van der Waals surface area contributed by atoms with Gasteiger partial charge in [-0.3, -0.25) is 14.9 Å². The first kappa shape index (κ1) is 15.4. The minimum atomic E-state index is -0.712. The lowest BCUT2D eigenvalue weighted by molar-refractivity contribution is -0.383.